The van der Waals surface area contributed by atoms with Gasteiger partial charge in [0, 0.05) is 6.42 Å². The molecule has 0 radical (unpaired) electrons. The second-order valence-corrected chi connectivity index (χ2v) is 4.31. The van der Waals surface area contributed by atoms with Crippen molar-refractivity contribution in [2.24, 2.45) is 0 Å². The Hall–Kier alpha value is -1.51. The highest BCUT2D eigenvalue weighted by atomic mass is 16.4. The van der Waals surface area contributed by atoms with E-state index in [1.807, 2.05) is 12.1 Å². The first-order chi connectivity index (χ1) is 8.13. The molecule has 2 N–H and O–H groups in total. The molecule has 0 amide bonds. The lowest BCUT2D eigenvalue weighted by Crippen LogP contribution is -1.98. The van der Waals surface area contributed by atoms with Gasteiger partial charge >= 0.3 is 5.97 Å². The Morgan fingerprint density at radius 2 is 2.00 bits per heavy atom. The second-order valence-electron chi connectivity index (χ2n) is 4.31. The molecule has 0 bridgehead atoms. The van der Waals surface area contributed by atoms with E-state index in [0.29, 0.717) is 6.42 Å². The quantitative estimate of drug-likeness (QED) is 0.715. The van der Waals surface area contributed by atoms with Gasteiger partial charge in [-0.25, -0.2) is 0 Å². The fourth-order valence-corrected chi connectivity index (χ4v) is 1.82. The van der Waals surface area contributed by atoms with Crippen LogP contribution in [0.4, 0.5) is 0 Å². The minimum Gasteiger partial charge on any atom is -0.508 e. The minimum absolute atomic E-state index is 0.0615. The maximum absolute atomic E-state index is 10.5. The monoisotopic (exact) mass is 236 g/mol. The largest absolute Gasteiger partial charge is 0.508 e. The standard InChI is InChI=1S/C14H20O3/c1-2-3-4-5-11-6-8-13(15)12(10-11)7-9-14(16)17/h6,8,10,15H,2-5,7,9H2,1H3,(H,16,17). The molecule has 0 fully saturated rings. The van der Waals surface area contributed by atoms with Gasteiger partial charge in [-0.2, -0.15) is 0 Å². The van der Waals surface area contributed by atoms with Crippen molar-refractivity contribution in [1.82, 2.24) is 0 Å². The molecule has 3 heteroatoms. The van der Waals surface area contributed by atoms with Gasteiger partial charge in [-0.05, 0) is 36.5 Å². The van der Waals surface area contributed by atoms with Crippen molar-refractivity contribution >= 4 is 5.97 Å². The molecule has 0 atom stereocenters. The summed E-state index contributed by atoms with van der Waals surface area (Å²) in [5, 5.41) is 18.3. The summed E-state index contributed by atoms with van der Waals surface area (Å²) in [5.41, 5.74) is 1.91. The Bertz CT molecular complexity index is 372. The first kappa shape index (κ1) is 13.6. The Morgan fingerprint density at radius 3 is 2.65 bits per heavy atom. The molecule has 0 unspecified atom stereocenters. The van der Waals surface area contributed by atoms with Crippen molar-refractivity contribution in [2.75, 3.05) is 0 Å². The van der Waals surface area contributed by atoms with Gasteiger partial charge in [-0.15, -0.1) is 0 Å². The predicted molar refractivity (Wildman–Crippen MR) is 67.3 cm³/mol. The Morgan fingerprint density at radius 1 is 1.24 bits per heavy atom. The number of rotatable bonds is 7. The fourth-order valence-electron chi connectivity index (χ4n) is 1.82. The molecular formula is C14H20O3. The number of carboxylic acid groups (broad SMARTS) is 1. The number of aliphatic carboxylic acids is 1. The number of phenols is 1. The lowest BCUT2D eigenvalue weighted by Gasteiger charge is -2.06. The lowest BCUT2D eigenvalue weighted by molar-refractivity contribution is -0.136. The molecular weight excluding hydrogens is 216 g/mol. The van der Waals surface area contributed by atoms with E-state index in [-0.39, 0.29) is 12.2 Å². The number of hydrogen-bond donors (Lipinski definition) is 2. The number of aryl methyl sites for hydroxylation is 2. The molecule has 0 saturated heterocycles. The fraction of sp³-hybridized carbons (Fsp3) is 0.500. The summed E-state index contributed by atoms with van der Waals surface area (Å²) >= 11 is 0. The van der Waals surface area contributed by atoms with Crippen LogP contribution in [0.2, 0.25) is 0 Å². The topological polar surface area (TPSA) is 57.5 Å². The summed E-state index contributed by atoms with van der Waals surface area (Å²) in [7, 11) is 0. The number of unbranched alkanes of at least 4 members (excludes halogenated alkanes) is 2. The average Bonchev–Trinajstić information content (AvgIpc) is 2.29. The van der Waals surface area contributed by atoms with Gasteiger partial charge in [0.05, 0.1) is 0 Å². The summed E-state index contributed by atoms with van der Waals surface area (Å²) in [6, 6.07) is 5.50. The number of hydrogen-bond acceptors (Lipinski definition) is 2. The first-order valence-electron chi connectivity index (χ1n) is 6.16. The third kappa shape index (κ3) is 4.89. The van der Waals surface area contributed by atoms with E-state index in [9.17, 15) is 9.90 Å². The SMILES string of the molecule is CCCCCc1ccc(O)c(CCC(=O)O)c1. The Kier molecular flexibility index (Phi) is 5.53. The van der Waals surface area contributed by atoms with Crippen LogP contribution in [0.5, 0.6) is 5.75 Å². The van der Waals surface area contributed by atoms with Crippen molar-refractivity contribution < 1.29 is 15.0 Å². The lowest BCUT2D eigenvalue weighted by atomic mass is 10.0. The van der Waals surface area contributed by atoms with Gasteiger partial charge in [0.2, 0.25) is 0 Å². The first-order valence-corrected chi connectivity index (χ1v) is 6.16. The summed E-state index contributed by atoms with van der Waals surface area (Å²) in [4.78, 5) is 10.5. The van der Waals surface area contributed by atoms with Gasteiger partial charge in [-0.1, -0.05) is 31.9 Å². The van der Waals surface area contributed by atoms with Crippen molar-refractivity contribution in [1.29, 1.82) is 0 Å². The molecule has 0 aliphatic heterocycles. The zero-order valence-corrected chi connectivity index (χ0v) is 10.3. The highest BCUT2D eigenvalue weighted by Gasteiger charge is 2.05. The van der Waals surface area contributed by atoms with Gasteiger partial charge in [0.25, 0.3) is 0 Å². The van der Waals surface area contributed by atoms with E-state index < -0.39 is 5.97 Å². The van der Waals surface area contributed by atoms with Crippen LogP contribution in [0, 0.1) is 0 Å². The highest BCUT2D eigenvalue weighted by molar-refractivity contribution is 5.67. The van der Waals surface area contributed by atoms with Gasteiger partial charge in [-0.3, -0.25) is 4.79 Å². The third-order valence-electron chi connectivity index (χ3n) is 2.82. The van der Waals surface area contributed by atoms with Gasteiger partial charge in [0.15, 0.2) is 0 Å². The van der Waals surface area contributed by atoms with E-state index >= 15 is 0 Å². The predicted octanol–water partition coefficient (Wildman–Crippen LogP) is 3.14. The van der Waals surface area contributed by atoms with Crippen LogP contribution < -0.4 is 0 Å². The molecule has 0 aliphatic rings. The van der Waals surface area contributed by atoms with Gasteiger partial charge in [0.1, 0.15) is 5.75 Å². The summed E-state index contributed by atoms with van der Waals surface area (Å²) in [5.74, 6) is -0.633. The summed E-state index contributed by atoms with van der Waals surface area (Å²) < 4.78 is 0. The normalized spacial score (nSPS) is 10.4. The van der Waals surface area contributed by atoms with Crippen LogP contribution in [-0.2, 0) is 17.6 Å². The Labute approximate surface area is 102 Å². The van der Waals surface area contributed by atoms with Crippen molar-refractivity contribution in [3.63, 3.8) is 0 Å². The Balaban J connectivity index is 2.62. The number of carboxylic acids is 1. The van der Waals surface area contributed by atoms with Crippen molar-refractivity contribution in [2.45, 2.75) is 45.4 Å². The van der Waals surface area contributed by atoms with E-state index in [2.05, 4.69) is 6.92 Å². The van der Waals surface area contributed by atoms with Crippen molar-refractivity contribution in [3.8, 4) is 5.75 Å². The molecule has 94 valence electrons. The average molecular weight is 236 g/mol. The van der Waals surface area contributed by atoms with Gasteiger partial charge < -0.3 is 10.2 Å². The molecule has 0 aromatic heterocycles. The molecule has 1 aromatic carbocycles. The van der Waals surface area contributed by atoms with Crippen molar-refractivity contribution in [3.05, 3.63) is 29.3 Å². The highest BCUT2D eigenvalue weighted by Crippen LogP contribution is 2.21. The maximum Gasteiger partial charge on any atom is 0.303 e. The van der Waals surface area contributed by atoms with E-state index in [1.54, 1.807) is 6.07 Å². The molecule has 3 nitrogen and oxygen atoms in total. The molecule has 1 aromatic rings. The zero-order chi connectivity index (χ0) is 12.7. The molecule has 0 heterocycles. The van der Waals surface area contributed by atoms with Crippen LogP contribution in [-0.4, -0.2) is 16.2 Å². The molecule has 1 rings (SSSR count). The summed E-state index contributed by atoms with van der Waals surface area (Å²) in [6.07, 6.45) is 4.97. The van der Waals surface area contributed by atoms with E-state index in [0.717, 1.165) is 18.4 Å². The minimum atomic E-state index is -0.833. The molecule has 17 heavy (non-hydrogen) atoms. The third-order valence-corrected chi connectivity index (χ3v) is 2.82. The van der Waals surface area contributed by atoms with E-state index in [1.165, 1.54) is 18.4 Å². The number of phenolic OH excluding ortho intramolecular Hbond substituents is 1. The molecule has 0 aliphatic carbocycles. The van der Waals surface area contributed by atoms with Crippen LogP contribution in [0.15, 0.2) is 18.2 Å². The van der Waals surface area contributed by atoms with E-state index in [4.69, 9.17) is 5.11 Å². The second kappa shape index (κ2) is 6.94. The van der Waals surface area contributed by atoms with Crippen LogP contribution >= 0.6 is 0 Å². The van der Waals surface area contributed by atoms with Crippen LogP contribution in [0.3, 0.4) is 0 Å². The number of aromatic hydroxyl groups is 1. The van der Waals surface area contributed by atoms with Crippen LogP contribution in [0.1, 0.15) is 43.7 Å². The zero-order valence-electron chi connectivity index (χ0n) is 10.3. The smallest absolute Gasteiger partial charge is 0.303 e. The molecule has 0 spiro atoms. The maximum atomic E-state index is 10.5. The van der Waals surface area contributed by atoms with Crippen LogP contribution in [0.25, 0.3) is 0 Å². The number of carbonyl (C=O) groups is 1. The molecule has 0 saturated carbocycles. The number of benzene rings is 1. The summed E-state index contributed by atoms with van der Waals surface area (Å²) in [6.45, 7) is 2.16.